The molecule has 78 valence electrons. The van der Waals surface area contributed by atoms with Gasteiger partial charge in [-0.15, -0.1) is 0 Å². The van der Waals surface area contributed by atoms with Crippen LogP contribution in [0.3, 0.4) is 0 Å². The van der Waals surface area contributed by atoms with Crippen LogP contribution in [0.15, 0.2) is 0 Å². The standard InChI is InChI=1S/C9H20N2O2/c1-7(11)9(13-8(2)12)5-3-4-6-10/h7,9H,3-6,10-11H2,1-2H3. The molecule has 0 saturated carbocycles. The normalized spacial score (nSPS) is 15.1. The van der Waals surface area contributed by atoms with E-state index in [1.54, 1.807) is 0 Å². The predicted octanol–water partition coefficient (Wildman–Crippen LogP) is 0.394. The van der Waals surface area contributed by atoms with Crippen molar-refractivity contribution in [1.82, 2.24) is 0 Å². The summed E-state index contributed by atoms with van der Waals surface area (Å²) in [5, 5.41) is 0. The molecule has 0 aliphatic carbocycles. The lowest BCUT2D eigenvalue weighted by Gasteiger charge is -2.20. The minimum absolute atomic E-state index is 0.110. The minimum Gasteiger partial charge on any atom is -0.461 e. The minimum atomic E-state index is -0.268. The van der Waals surface area contributed by atoms with Gasteiger partial charge in [0.05, 0.1) is 0 Å². The van der Waals surface area contributed by atoms with E-state index in [0.29, 0.717) is 6.54 Å². The van der Waals surface area contributed by atoms with Gasteiger partial charge < -0.3 is 16.2 Å². The summed E-state index contributed by atoms with van der Waals surface area (Å²) in [4.78, 5) is 10.7. The van der Waals surface area contributed by atoms with E-state index in [2.05, 4.69) is 0 Å². The molecule has 0 saturated heterocycles. The van der Waals surface area contributed by atoms with Crippen LogP contribution in [-0.4, -0.2) is 24.7 Å². The Morgan fingerprint density at radius 2 is 2.08 bits per heavy atom. The van der Waals surface area contributed by atoms with Crippen LogP contribution in [0.5, 0.6) is 0 Å². The first kappa shape index (κ1) is 12.4. The van der Waals surface area contributed by atoms with Gasteiger partial charge in [-0.1, -0.05) is 0 Å². The maximum atomic E-state index is 10.7. The average molecular weight is 188 g/mol. The van der Waals surface area contributed by atoms with Crippen molar-refractivity contribution in [1.29, 1.82) is 0 Å². The topological polar surface area (TPSA) is 78.3 Å². The Hall–Kier alpha value is -0.610. The van der Waals surface area contributed by atoms with Crippen LogP contribution in [0.25, 0.3) is 0 Å². The van der Waals surface area contributed by atoms with E-state index >= 15 is 0 Å². The molecule has 0 aromatic heterocycles. The molecular weight excluding hydrogens is 168 g/mol. The molecular formula is C9H20N2O2. The number of unbranched alkanes of at least 4 members (excludes halogenated alkanes) is 1. The lowest BCUT2D eigenvalue weighted by Crippen LogP contribution is -2.35. The van der Waals surface area contributed by atoms with Gasteiger partial charge in [-0.05, 0) is 32.7 Å². The molecule has 0 heterocycles. The lowest BCUT2D eigenvalue weighted by atomic mass is 10.1. The van der Waals surface area contributed by atoms with Gasteiger partial charge in [0.15, 0.2) is 0 Å². The van der Waals surface area contributed by atoms with Gasteiger partial charge in [-0.3, -0.25) is 4.79 Å². The fraction of sp³-hybridized carbons (Fsp3) is 0.889. The van der Waals surface area contributed by atoms with Crippen LogP contribution in [-0.2, 0) is 9.53 Å². The Morgan fingerprint density at radius 3 is 2.46 bits per heavy atom. The van der Waals surface area contributed by atoms with Gasteiger partial charge in [0.2, 0.25) is 0 Å². The first-order chi connectivity index (χ1) is 6.07. The van der Waals surface area contributed by atoms with Crippen molar-refractivity contribution < 1.29 is 9.53 Å². The Balaban J connectivity index is 3.74. The quantitative estimate of drug-likeness (QED) is 0.467. The molecule has 2 atom stereocenters. The van der Waals surface area contributed by atoms with E-state index in [1.165, 1.54) is 6.92 Å². The molecule has 4 N–H and O–H groups in total. The molecule has 0 rings (SSSR count). The predicted molar refractivity (Wildman–Crippen MR) is 52.1 cm³/mol. The highest BCUT2D eigenvalue weighted by Crippen LogP contribution is 2.07. The van der Waals surface area contributed by atoms with Crippen LogP contribution >= 0.6 is 0 Å². The number of esters is 1. The molecule has 0 aromatic carbocycles. The first-order valence-electron chi connectivity index (χ1n) is 4.70. The van der Waals surface area contributed by atoms with Gasteiger partial charge in [-0.2, -0.15) is 0 Å². The average Bonchev–Trinajstić information content (AvgIpc) is 2.02. The van der Waals surface area contributed by atoms with Crippen LogP contribution in [0, 0.1) is 0 Å². The molecule has 0 radical (unpaired) electrons. The van der Waals surface area contributed by atoms with Crippen molar-refractivity contribution in [3.63, 3.8) is 0 Å². The van der Waals surface area contributed by atoms with Crippen molar-refractivity contribution in [2.75, 3.05) is 6.54 Å². The Bertz CT molecular complexity index is 149. The molecule has 0 bridgehead atoms. The maximum Gasteiger partial charge on any atom is 0.302 e. The second-order valence-electron chi connectivity index (χ2n) is 3.29. The van der Waals surface area contributed by atoms with Crippen LogP contribution in [0.2, 0.25) is 0 Å². The summed E-state index contributed by atoms with van der Waals surface area (Å²) in [6.45, 7) is 3.92. The van der Waals surface area contributed by atoms with Gasteiger partial charge in [0.25, 0.3) is 0 Å². The highest BCUT2D eigenvalue weighted by atomic mass is 16.5. The van der Waals surface area contributed by atoms with Gasteiger partial charge in [0, 0.05) is 13.0 Å². The maximum absolute atomic E-state index is 10.7. The molecule has 0 aromatic rings. The molecule has 0 aliphatic rings. The van der Waals surface area contributed by atoms with Crippen LogP contribution in [0.1, 0.15) is 33.1 Å². The molecule has 2 unspecified atom stereocenters. The number of hydrogen-bond donors (Lipinski definition) is 2. The molecule has 4 heteroatoms. The van der Waals surface area contributed by atoms with Gasteiger partial charge >= 0.3 is 5.97 Å². The largest absolute Gasteiger partial charge is 0.461 e. The van der Waals surface area contributed by atoms with Gasteiger partial charge in [0.1, 0.15) is 6.10 Å². The lowest BCUT2D eigenvalue weighted by molar-refractivity contribution is -0.147. The van der Waals surface area contributed by atoms with Crippen molar-refractivity contribution in [2.45, 2.75) is 45.3 Å². The molecule has 0 amide bonds. The number of hydrogen-bond acceptors (Lipinski definition) is 4. The number of carbonyl (C=O) groups is 1. The van der Waals surface area contributed by atoms with E-state index in [9.17, 15) is 4.79 Å². The summed E-state index contributed by atoms with van der Waals surface area (Å²) < 4.78 is 5.05. The molecule has 13 heavy (non-hydrogen) atoms. The highest BCUT2D eigenvalue weighted by molar-refractivity contribution is 5.66. The zero-order chi connectivity index (χ0) is 10.3. The van der Waals surface area contributed by atoms with Crippen molar-refractivity contribution in [3.8, 4) is 0 Å². The smallest absolute Gasteiger partial charge is 0.302 e. The van der Waals surface area contributed by atoms with E-state index in [1.807, 2.05) is 6.92 Å². The molecule has 0 fully saturated rings. The summed E-state index contributed by atoms with van der Waals surface area (Å²) >= 11 is 0. The number of carbonyl (C=O) groups excluding carboxylic acids is 1. The number of ether oxygens (including phenoxy) is 1. The van der Waals surface area contributed by atoms with Crippen molar-refractivity contribution in [3.05, 3.63) is 0 Å². The second-order valence-corrected chi connectivity index (χ2v) is 3.29. The van der Waals surface area contributed by atoms with Crippen molar-refractivity contribution >= 4 is 5.97 Å². The zero-order valence-electron chi connectivity index (χ0n) is 8.45. The highest BCUT2D eigenvalue weighted by Gasteiger charge is 2.15. The monoisotopic (exact) mass is 188 g/mol. The molecule has 0 aliphatic heterocycles. The second kappa shape index (κ2) is 6.86. The van der Waals surface area contributed by atoms with Crippen molar-refractivity contribution in [2.24, 2.45) is 11.5 Å². The Kier molecular flexibility index (Phi) is 6.54. The third kappa shape index (κ3) is 6.54. The SMILES string of the molecule is CC(=O)OC(CCCCN)C(C)N. The van der Waals surface area contributed by atoms with Gasteiger partial charge in [-0.25, -0.2) is 0 Å². The first-order valence-corrected chi connectivity index (χ1v) is 4.70. The summed E-state index contributed by atoms with van der Waals surface area (Å²) in [5.41, 5.74) is 11.0. The van der Waals surface area contributed by atoms with Crippen LogP contribution in [0.4, 0.5) is 0 Å². The number of nitrogens with two attached hydrogens (primary N) is 2. The summed E-state index contributed by atoms with van der Waals surface area (Å²) in [6.07, 6.45) is 2.54. The molecule has 0 spiro atoms. The van der Waals surface area contributed by atoms with E-state index in [0.717, 1.165) is 19.3 Å². The zero-order valence-corrected chi connectivity index (χ0v) is 8.45. The third-order valence-corrected chi connectivity index (χ3v) is 1.85. The van der Waals surface area contributed by atoms with E-state index < -0.39 is 0 Å². The van der Waals surface area contributed by atoms with Crippen LogP contribution < -0.4 is 11.5 Å². The summed E-state index contributed by atoms with van der Waals surface area (Å²) in [7, 11) is 0. The van der Waals surface area contributed by atoms with E-state index in [-0.39, 0.29) is 18.1 Å². The van der Waals surface area contributed by atoms with E-state index in [4.69, 9.17) is 16.2 Å². The molecule has 4 nitrogen and oxygen atoms in total. The third-order valence-electron chi connectivity index (χ3n) is 1.85. The fourth-order valence-electron chi connectivity index (χ4n) is 1.13. The fourth-order valence-corrected chi connectivity index (χ4v) is 1.13. The summed E-state index contributed by atoms with van der Waals surface area (Å²) in [5.74, 6) is -0.268. The summed E-state index contributed by atoms with van der Waals surface area (Å²) in [6, 6.07) is -0.110. The number of rotatable bonds is 6. The Morgan fingerprint density at radius 1 is 1.46 bits per heavy atom. The Labute approximate surface area is 79.6 Å².